The van der Waals surface area contributed by atoms with Crippen LogP contribution in [0.2, 0.25) is 0 Å². The third kappa shape index (κ3) is 4.59. The molecule has 158 valence electrons. The van der Waals surface area contributed by atoms with Gasteiger partial charge in [-0.1, -0.05) is 42.5 Å². The molecule has 1 heterocycles. The molecule has 6 heteroatoms. The van der Waals surface area contributed by atoms with Crippen molar-refractivity contribution >= 4 is 16.9 Å². The number of carbonyl (C=O) groups is 1. The highest BCUT2D eigenvalue weighted by molar-refractivity contribution is 5.94. The number of fused-ring (bicyclic) bond motifs is 1. The summed E-state index contributed by atoms with van der Waals surface area (Å²) in [5.41, 5.74) is 3.39. The van der Waals surface area contributed by atoms with E-state index in [2.05, 4.69) is 5.32 Å². The number of hydrogen-bond donors (Lipinski definition) is 2. The summed E-state index contributed by atoms with van der Waals surface area (Å²) in [6.07, 6.45) is 0.486. The Kier molecular flexibility index (Phi) is 6.29. The molecule has 3 aromatic carbocycles. The molecule has 1 aromatic heterocycles. The highest BCUT2D eigenvalue weighted by atomic mass is 16.5. The fourth-order valence-electron chi connectivity index (χ4n) is 3.73. The second kappa shape index (κ2) is 9.45. The largest absolute Gasteiger partial charge is 0.497 e. The third-order valence-corrected chi connectivity index (χ3v) is 5.30. The highest BCUT2D eigenvalue weighted by Crippen LogP contribution is 2.24. The van der Waals surface area contributed by atoms with Crippen LogP contribution in [-0.2, 0) is 13.0 Å². The van der Waals surface area contributed by atoms with E-state index in [1.165, 1.54) is 0 Å². The monoisotopic (exact) mass is 415 g/mol. The van der Waals surface area contributed by atoms with Gasteiger partial charge in [-0.25, -0.2) is 4.98 Å². The zero-order chi connectivity index (χ0) is 21.6. The molecule has 31 heavy (non-hydrogen) atoms. The minimum atomic E-state index is -0.298. The van der Waals surface area contributed by atoms with E-state index in [1.807, 2.05) is 71.3 Å². The standard InChI is InChI=1S/C25H25N3O3/c1-31-20-13-11-18(12-14-20)22(27-25(30)19-7-3-2-4-8-19)17-24-26-21-9-5-6-10-23(21)28(24)15-16-29/h2-14,22,29H,15-17H2,1H3,(H,27,30). The number of nitrogens with one attached hydrogen (secondary N) is 1. The molecule has 1 amide bonds. The number of benzene rings is 3. The van der Waals surface area contributed by atoms with E-state index in [0.29, 0.717) is 18.5 Å². The number of carbonyl (C=O) groups excluding carboxylic acids is 1. The van der Waals surface area contributed by atoms with E-state index in [0.717, 1.165) is 28.2 Å². The predicted octanol–water partition coefficient (Wildman–Crippen LogP) is 3.75. The lowest BCUT2D eigenvalue weighted by molar-refractivity contribution is 0.0936. The summed E-state index contributed by atoms with van der Waals surface area (Å²) >= 11 is 0. The van der Waals surface area contributed by atoms with Crippen molar-refractivity contribution in [3.63, 3.8) is 0 Å². The molecule has 0 saturated carbocycles. The molecule has 1 unspecified atom stereocenters. The van der Waals surface area contributed by atoms with Crippen molar-refractivity contribution in [1.29, 1.82) is 0 Å². The Morgan fingerprint density at radius 2 is 1.74 bits per heavy atom. The maximum absolute atomic E-state index is 12.9. The van der Waals surface area contributed by atoms with E-state index in [9.17, 15) is 9.90 Å². The number of nitrogens with zero attached hydrogens (tertiary/aromatic N) is 2. The first-order chi connectivity index (χ1) is 15.2. The number of aliphatic hydroxyl groups is 1. The van der Waals surface area contributed by atoms with Crippen LogP contribution in [0.4, 0.5) is 0 Å². The number of rotatable bonds is 8. The fourth-order valence-corrected chi connectivity index (χ4v) is 3.73. The van der Waals surface area contributed by atoms with Crippen molar-refractivity contribution in [3.8, 4) is 5.75 Å². The van der Waals surface area contributed by atoms with Crippen molar-refractivity contribution in [3.05, 3.63) is 95.8 Å². The molecule has 0 aliphatic heterocycles. The molecule has 0 fully saturated rings. The van der Waals surface area contributed by atoms with Gasteiger partial charge in [0.05, 0.1) is 30.8 Å². The minimum Gasteiger partial charge on any atom is -0.497 e. The number of ether oxygens (including phenoxy) is 1. The molecule has 4 aromatic rings. The van der Waals surface area contributed by atoms with E-state index < -0.39 is 0 Å². The van der Waals surface area contributed by atoms with Crippen LogP contribution in [0.15, 0.2) is 78.9 Å². The van der Waals surface area contributed by atoms with Crippen LogP contribution in [0.1, 0.15) is 27.8 Å². The molecule has 0 radical (unpaired) electrons. The summed E-state index contributed by atoms with van der Waals surface area (Å²) in [4.78, 5) is 17.7. The van der Waals surface area contributed by atoms with Crippen molar-refractivity contribution in [2.24, 2.45) is 0 Å². The number of para-hydroxylation sites is 2. The van der Waals surface area contributed by atoms with Crippen LogP contribution >= 0.6 is 0 Å². The molecule has 4 rings (SSSR count). The second-order valence-corrected chi connectivity index (χ2v) is 7.26. The van der Waals surface area contributed by atoms with Crippen molar-refractivity contribution in [2.45, 2.75) is 19.0 Å². The van der Waals surface area contributed by atoms with Gasteiger partial charge in [0.25, 0.3) is 5.91 Å². The lowest BCUT2D eigenvalue weighted by atomic mass is 10.0. The van der Waals surface area contributed by atoms with Gasteiger partial charge in [-0.2, -0.15) is 0 Å². The van der Waals surface area contributed by atoms with Gasteiger partial charge in [0.15, 0.2) is 0 Å². The molecular formula is C25H25N3O3. The van der Waals surface area contributed by atoms with Crippen molar-refractivity contribution < 1.29 is 14.6 Å². The Morgan fingerprint density at radius 1 is 1.03 bits per heavy atom. The maximum Gasteiger partial charge on any atom is 0.251 e. The number of hydrogen-bond acceptors (Lipinski definition) is 4. The van der Waals surface area contributed by atoms with Crippen LogP contribution in [0.25, 0.3) is 11.0 Å². The zero-order valence-electron chi connectivity index (χ0n) is 17.4. The summed E-state index contributed by atoms with van der Waals surface area (Å²) in [5.74, 6) is 1.42. The normalized spacial score (nSPS) is 11.9. The lowest BCUT2D eigenvalue weighted by Crippen LogP contribution is -2.30. The van der Waals surface area contributed by atoms with Crippen LogP contribution < -0.4 is 10.1 Å². The Hall–Kier alpha value is -3.64. The Balaban J connectivity index is 1.69. The van der Waals surface area contributed by atoms with Gasteiger partial charge in [-0.05, 0) is 42.0 Å². The molecule has 0 saturated heterocycles. The summed E-state index contributed by atoms with van der Waals surface area (Å²) in [7, 11) is 1.63. The molecule has 0 aliphatic carbocycles. The first-order valence-electron chi connectivity index (χ1n) is 10.2. The Bertz CT molecular complexity index is 1150. The molecule has 1 atom stereocenters. The number of methoxy groups -OCH3 is 1. The number of amides is 1. The minimum absolute atomic E-state index is 0.0108. The molecule has 2 N–H and O–H groups in total. The van der Waals surface area contributed by atoms with Crippen LogP contribution in [0.5, 0.6) is 5.75 Å². The van der Waals surface area contributed by atoms with E-state index >= 15 is 0 Å². The topological polar surface area (TPSA) is 76.4 Å². The summed E-state index contributed by atoms with van der Waals surface area (Å²) in [6, 6.07) is 24.4. The number of imidazole rings is 1. The Labute approximate surface area is 181 Å². The van der Waals surface area contributed by atoms with Gasteiger partial charge in [0.2, 0.25) is 0 Å². The summed E-state index contributed by atoms with van der Waals surface area (Å²) < 4.78 is 7.29. The van der Waals surface area contributed by atoms with E-state index in [1.54, 1.807) is 19.2 Å². The molecule has 0 bridgehead atoms. The van der Waals surface area contributed by atoms with Crippen molar-refractivity contribution in [2.75, 3.05) is 13.7 Å². The van der Waals surface area contributed by atoms with Crippen molar-refractivity contribution in [1.82, 2.24) is 14.9 Å². The molecule has 6 nitrogen and oxygen atoms in total. The third-order valence-electron chi connectivity index (χ3n) is 5.30. The summed E-state index contributed by atoms with van der Waals surface area (Å²) in [5, 5.41) is 12.7. The molecule has 0 spiro atoms. The molecule has 0 aliphatic rings. The lowest BCUT2D eigenvalue weighted by Gasteiger charge is -2.20. The Morgan fingerprint density at radius 3 is 2.45 bits per heavy atom. The first-order valence-corrected chi connectivity index (χ1v) is 10.2. The van der Waals surface area contributed by atoms with Gasteiger partial charge in [-0.3, -0.25) is 4.79 Å². The van der Waals surface area contributed by atoms with Crippen LogP contribution in [0, 0.1) is 0 Å². The maximum atomic E-state index is 12.9. The number of aliphatic hydroxyl groups excluding tert-OH is 1. The predicted molar refractivity (Wildman–Crippen MR) is 120 cm³/mol. The fraction of sp³-hybridized carbons (Fsp3) is 0.200. The average molecular weight is 415 g/mol. The molecular weight excluding hydrogens is 390 g/mol. The van der Waals surface area contributed by atoms with Gasteiger partial charge < -0.3 is 19.7 Å². The highest BCUT2D eigenvalue weighted by Gasteiger charge is 2.20. The zero-order valence-corrected chi connectivity index (χ0v) is 17.4. The van der Waals surface area contributed by atoms with E-state index in [-0.39, 0.29) is 18.6 Å². The van der Waals surface area contributed by atoms with Crippen LogP contribution in [0.3, 0.4) is 0 Å². The quantitative estimate of drug-likeness (QED) is 0.460. The SMILES string of the molecule is COc1ccc(C(Cc2nc3ccccc3n2CCO)NC(=O)c2ccccc2)cc1. The van der Waals surface area contributed by atoms with Gasteiger partial charge in [-0.15, -0.1) is 0 Å². The smallest absolute Gasteiger partial charge is 0.251 e. The van der Waals surface area contributed by atoms with Gasteiger partial charge in [0, 0.05) is 18.5 Å². The van der Waals surface area contributed by atoms with Gasteiger partial charge >= 0.3 is 0 Å². The van der Waals surface area contributed by atoms with E-state index in [4.69, 9.17) is 9.72 Å². The van der Waals surface area contributed by atoms with Gasteiger partial charge in [0.1, 0.15) is 11.6 Å². The average Bonchev–Trinajstić information content (AvgIpc) is 3.16. The summed E-state index contributed by atoms with van der Waals surface area (Å²) in [6.45, 7) is 0.453. The van der Waals surface area contributed by atoms with Crippen LogP contribution in [-0.4, -0.2) is 34.3 Å². The second-order valence-electron chi connectivity index (χ2n) is 7.26. The number of aromatic nitrogens is 2. The first kappa shape index (κ1) is 20.6.